The summed E-state index contributed by atoms with van der Waals surface area (Å²) in [5, 5.41) is 7.01. The Morgan fingerprint density at radius 2 is 2.00 bits per heavy atom. The molecule has 20 heavy (non-hydrogen) atoms. The number of nitrogens with zero attached hydrogens (tertiary/aromatic N) is 1. The molecule has 2 rings (SSSR count). The topological polar surface area (TPSA) is 50.7 Å². The third kappa shape index (κ3) is 3.83. The van der Waals surface area contributed by atoms with Gasteiger partial charge in [0, 0.05) is 16.3 Å². The molecule has 0 aliphatic rings. The molecule has 0 bridgehead atoms. The maximum Gasteiger partial charge on any atom is 0.255 e. The number of rotatable bonds is 4. The fourth-order valence-electron chi connectivity index (χ4n) is 1.60. The van der Waals surface area contributed by atoms with Crippen LogP contribution in [0.5, 0.6) is 0 Å². The van der Waals surface area contributed by atoms with Gasteiger partial charge >= 0.3 is 0 Å². The summed E-state index contributed by atoms with van der Waals surface area (Å²) in [6.07, 6.45) is 1.57. The van der Waals surface area contributed by atoms with Gasteiger partial charge < -0.3 is 10.2 Å². The number of hydrogen-bond acceptors (Lipinski definition) is 3. The van der Waals surface area contributed by atoms with E-state index in [1.807, 2.05) is 0 Å². The molecule has 0 aliphatic carbocycles. The first-order chi connectivity index (χ1) is 9.69. The van der Waals surface area contributed by atoms with E-state index in [-0.39, 0.29) is 5.91 Å². The first-order valence-electron chi connectivity index (χ1n) is 5.92. The number of benzene rings is 2. The summed E-state index contributed by atoms with van der Waals surface area (Å²) < 4.78 is 0. The molecule has 1 amide bonds. The molecule has 0 heterocycles. The number of halogens is 1. The molecule has 2 aromatic carbocycles. The van der Waals surface area contributed by atoms with Crippen LogP contribution in [0.3, 0.4) is 0 Å². The highest BCUT2D eigenvalue weighted by atomic mass is 35.5. The van der Waals surface area contributed by atoms with Crippen LogP contribution in [-0.4, -0.2) is 19.2 Å². The summed E-state index contributed by atoms with van der Waals surface area (Å²) in [7, 11) is 1.48. The van der Waals surface area contributed by atoms with Gasteiger partial charge in [0.05, 0.1) is 6.21 Å². The number of oxime groups is 1. The highest BCUT2D eigenvalue weighted by molar-refractivity contribution is 6.30. The predicted octanol–water partition coefficient (Wildman–Crippen LogP) is 3.57. The van der Waals surface area contributed by atoms with E-state index in [0.29, 0.717) is 16.3 Å². The summed E-state index contributed by atoms with van der Waals surface area (Å²) in [5.74, 6) is -0.192. The Kier molecular flexibility index (Phi) is 4.74. The van der Waals surface area contributed by atoms with Gasteiger partial charge in [0.25, 0.3) is 5.91 Å². The first-order valence-corrected chi connectivity index (χ1v) is 6.30. The molecule has 0 atom stereocenters. The maximum absolute atomic E-state index is 12.0. The van der Waals surface area contributed by atoms with E-state index in [2.05, 4.69) is 15.3 Å². The van der Waals surface area contributed by atoms with E-state index in [1.54, 1.807) is 54.7 Å². The van der Waals surface area contributed by atoms with Gasteiger partial charge in [-0.3, -0.25) is 4.79 Å². The van der Waals surface area contributed by atoms with Gasteiger partial charge in [-0.1, -0.05) is 35.0 Å². The summed E-state index contributed by atoms with van der Waals surface area (Å²) >= 11 is 5.87. The van der Waals surface area contributed by atoms with Crippen LogP contribution in [0.25, 0.3) is 0 Å². The summed E-state index contributed by atoms with van der Waals surface area (Å²) in [5.41, 5.74) is 2.07. The molecule has 0 spiro atoms. The average Bonchev–Trinajstić information content (AvgIpc) is 2.45. The number of carbonyl (C=O) groups excluding carboxylic acids is 1. The van der Waals surface area contributed by atoms with Crippen LogP contribution in [0.2, 0.25) is 5.02 Å². The molecular weight excluding hydrogens is 276 g/mol. The van der Waals surface area contributed by atoms with Gasteiger partial charge in [0.1, 0.15) is 7.11 Å². The minimum atomic E-state index is -0.192. The normalized spacial score (nSPS) is 10.5. The van der Waals surface area contributed by atoms with E-state index < -0.39 is 0 Å². The van der Waals surface area contributed by atoms with Crippen LogP contribution in [0, 0.1) is 0 Å². The van der Waals surface area contributed by atoms with Crippen molar-refractivity contribution in [3.8, 4) is 0 Å². The van der Waals surface area contributed by atoms with Crippen molar-refractivity contribution in [1.82, 2.24) is 0 Å². The van der Waals surface area contributed by atoms with Crippen molar-refractivity contribution in [2.24, 2.45) is 5.16 Å². The molecule has 5 heteroatoms. The Bertz CT molecular complexity index is 624. The molecule has 0 saturated carbocycles. The largest absolute Gasteiger partial charge is 0.399 e. The molecule has 0 aromatic heterocycles. The summed E-state index contributed by atoms with van der Waals surface area (Å²) in [4.78, 5) is 16.6. The van der Waals surface area contributed by atoms with Crippen molar-refractivity contribution in [2.75, 3.05) is 12.4 Å². The van der Waals surface area contributed by atoms with Crippen LogP contribution in [0.1, 0.15) is 15.9 Å². The van der Waals surface area contributed by atoms with Crippen molar-refractivity contribution in [1.29, 1.82) is 0 Å². The molecule has 0 fully saturated rings. The third-order valence-electron chi connectivity index (χ3n) is 2.56. The lowest BCUT2D eigenvalue weighted by Gasteiger charge is -2.05. The van der Waals surface area contributed by atoms with E-state index >= 15 is 0 Å². The predicted molar refractivity (Wildman–Crippen MR) is 80.5 cm³/mol. The van der Waals surface area contributed by atoms with Gasteiger partial charge in [-0.2, -0.15) is 0 Å². The minimum Gasteiger partial charge on any atom is -0.399 e. The lowest BCUT2D eigenvalue weighted by Crippen LogP contribution is -2.11. The van der Waals surface area contributed by atoms with Crippen LogP contribution in [0.4, 0.5) is 5.69 Å². The van der Waals surface area contributed by atoms with Crippen molar-refractivity contribution in [3.05, 3.63) is 64.7 Å². The average molecular weight is 289 g/mol. The van der Waals surface area contributed by atoms with Crippen LogP contribution >= 0.6 is 11.6 Å². The smallest absolute Gasteiger partial charge is 0.255 e. The molecule has 4 nitrogen and oxygen atoms in total. The van der Waals surface area contributed by atoms with E-state index in [1.165, 1.54) is 7.11 Å². The van der Waals surface area contributed by atoms with Gasteiger partial charge in [-0.15, -0.1) is 0 Å². The quantitative estimate of drug-likeness (QED) is 0.690. The fourth-order valence-corrected chi connectivity index (χ4v) is 1.79. The zero-order valence-corrected chi connectivity index (χ0v) is 11.6. The highest BCUT2D eigenvalue weighted by Gasteiger charge is 2.05. The van der Waals surface area contributed by atoms with E-state index in [4.69, 9.17) is 11.6 Å². The summed E-state index contributed by atoms with van der Waals surface area (Å²) in [6, 6.07) is 14.0. The van der Waals surface area contributed by atoms with Gasteiger partial charge in [-0.05, 0) is 35.9 Å². The van der Waals surface area contributed by atoms with Gasteiger partial charge in [-0.25, -0.2) is 0 Å². The number of hydrogen-bond donors (Lipinski definition) is 1. The third-order valence-corrected chi connectivity index (χ3v) is 2.80. The van der Waals surface area contributed by atoms with Gasteiger partial charge in [0.2, 0.25) is 0 Å². The van der Waals surface area contributed by atoms with Crippen LogP contribution < -0.4 is 5.32 Å². The zero-order valence-electron chi connectivity index (χ0n) is 10.8. The Labute approximate surface area is 122 Å². The molecule has 0 aliphatic heterocycles. The second-order valence-electron chi connectivity index (χ2n) is 4.00. The Morgan fingerprint density at radius 1 is 1.25 bits per heavy atom. The number of nitrogens with one attached hydrogen (secondary N) is 1. The lowest BCUT2D eigenvalue weighted by molar-refractivity contribution is 0.102. The van der Waals surface area contributed by atoms with Crippen molar-refractivity contribution in [3.63, 3.8) is 0 Å². The van der Waals surface area contributed by atoms with Crippen molar-refractivity contribution < 1.29 is 9.63 Å². The molecule has 1 N–H and O–H groups in total. The second-order valence-corrected chi connectivity index (χ2v) is 4.44. The van der Waals surface area contributed by atoms with Crippen molar-refractivity contribution in [2.45, 2.75) is 0 Å². The monoisotopic (exact) mass is 288 g/mol. The van der Waals surface area contributed by atoms with E-state index in [0.717, 1.165) is 5.56 Å². The number of amides is 1. The molecule has 0 radical (unpaired) electrons. The Hall–Kier alpha value is -2.33. The summed E-state index contributed by atoms with van der Waals surface area (Å²) in [6.45, 7) is 0. The zero-order chi connectivity index (χ0) is 14.4. The van der Waals surface area contributed by atoms with E-state index in [9.17, 15) is 4.79 Å². The highest BCUT2D eigenvalue weighted by Crippen LogP contribution is 2.16. The Balaban J connectivity index is 2.07. The van der Waals surface area contributed by atoms with Crippen LogP contribution in [0.15, 0.2) is 53.7 Å². The Morgan fingerprint density at radius 3 is 2.65 bits per heavy atom. The van der Waals surface area contributed by atoms with Crippen LogP contribution in [-0.2, 0) is 4.84 Å². The van der Waals surface area contributed by atoms with Gasteiger partial charge in [0.15, 0.2) is 0 Å². The number of carbonyl (C=O) groups is 1. The standard InChI is InChI=1S/C15H13ClN2O2/c1-20-17-10-11-5-7-12(8-6-11)15(19)18-14-4-2-3-13(16)9-14/h2-10H,1H3,(H,18,19)/b17-10+. The molecule has 2 aromatic rings. The number of anilines is 1. The van der Waals surface area contributed by atoms with Crippen molar-refractivity contribution >= 4 is 29.4 Å². The SMILES string of the molecule is CO/N=C/c1ccc(C(=O)Nc2cccc(Cl)c2)cc1. The molecule has 0 unspecified atom stereocenters. The minimum absolute atomic E-state index is 0.192. The second kappa shape index (κ2) is 6.73. The lowest BCUT2D eigenvalue weighted by atomic mass is 10.1. The maximum atomic E-state index is 12.0. The fraction of sp³-hybridized carbons (Fsp3) is 0.0667. The molecule has 0 saturated heterocycles. The first kappa shape index (κ1) is 14.1. The molecule has 102 valence electrons. The molecular formula is C15H13ClN2O2.